The Morgan fingerprint density at radius 3 is 2.65 bits per heavy atom. The van der Waals surface area contributed by atoms with Gasteiger partial charge in [-0.05, 0) is 44.0 Å². The van der Waals surface area contributed by atoms with Gasteiger partial charge in [0.05, 0.1) is 18.8 Å². The maximum atomic E-state index is 11.4. The third-order valence-corrected chi connectivity index (χ3v) is 3.49. The van der Waals surface area contributed by atoms with E-state index in [2.05, 4.69) is 5.32 Å². The fourth-order valence-electron chi connectivity index (χ4n) is 2.49. The quantitative estimate of drug-likeness (QED) is 0.869. The van der Waals surface area contributed by atoms with Crippen molar-refractivity contribution in [1.29, 1.82) is 0 Å². The minimum absolute atomic E-state index is 0. The first-order valence-corrected chi connectivity index (χ1v) is 6.77. The van der Waals surface area contributed by atoms with Gasteiger partial charge in [-0.3, -0.25) is 0 Å². The number of carbonyl (C=O) groups excluding carboxylic acids is 1. The van der Waals surface area contributed by atoms with Gasteiger partial charge in [0.1, 0.15) is 0 Å². The number of piperidine rings is 1. The molecule has 2 atom stereocenters. The molecule has 4 nitrogen and oxygen atoms in total. The maximum Gasteiger partial charge on any atom is 0.337 e. The number of methoxy groups -OCH3 is 1. The van der Waals surface area contributed by atoms with E-state index < -0.39 is 0 Å². The van der Waals surface area contributed by atoms with Crippen LogP contribution in [0, 0.1) is 0 Å². The molecule has 2 rings (SSSR count). The van der Waals surface area contributed by atoms with Crippen LogP contribution >= 0.6 is 12.4 Å². The minimum Gasteiger partial charge on any atom is -0.465 e. The summed E-state index contributed by atoms with van der Waals surface area (Å²) in [6.07, 6.45) is 2.37. The van der Waals surface area contributed by atoms with Crippen molar-refractivity contribution in [2.75, 3.05) is 20.3 Å². The molecule has 0 saturated carbocycles. The minimum atomic E-state index is -0.296. The van der Waals surface area contributed by atoms with Crippen LogP contribution in [0.2, 0.25) is 0 Å². The summed E-state index contributed by atoms with van der Waals surface area (Å²) in [5.74, 6) is -0.296. The van der Waals surface area contributed by atoms with E-state index in [1.807, 2.05) is 31.2 Å². The molecule has 1 heterocycles. The predicted octanol–water partition coefficient (Wildman–Crippen LogP) is 2.72. The number of rotatable bonds is 4. The summed E-state index contributed by atoms with van der Waals surface area (Å²) >= 11 is 0. The van der Waals surface area contributed by atoms with E-state index in [-0.39, 0.29) is 18.4 Å². The highest BCUT2D eigenvalue weighted by atomic mass is 35.5. The van der Waals surface area contributed by atoms with E-state index in [1.165, 1.54) is 12.7 Å². The molecule has 0 radical (unpaired) electrons. The Balaban J connectivity index is 0.00000200. The fraction of sp³-hybridized carbons (Fsp3) is 0.533. The third kappa shape index (κ3) is 4.20. The van der Waals surface area contributed by atoms with Gasteiger partial charge >= 0.3 is 5.97 Å². The zero-order valence-electron chi connectivity index (χ0n) is 11.9. The number of benzene rings is 1. The third-order valence-electron chi connectivity index (χ3n) is 3.49. The van der Waals surface area contributed by atoms with Crippen molar-refractivity contribution >= 4 is 18.4 Å². The van der Waals surface area contributed by atoms with Crippen LogP contribution in [0.4, 0.5) is 0 Å². The Morgan fingerprint density at radius 2 is 2.05 bits per heavy atom. The van der Waals surface area contributed by atoms with Gasteiger partial charge in [-0.1, -0.05) is 12.1 Å². The number of hydrogen-bond donors (Lipinski definition) is 1. The molecule has 0 unspecified atom stereocenters. The summed E-state index contributed by atoms with van der Waals surface area (Å²) in [4.78, 5) is 11.4. The van der Waals surface area contributed by atoms with Crippen LogP contribution in [0.1, 0.15) is 41.7 Å². The van der Waals surface area contributed by atoms with Crippen molar-refractivity contribution in [3.05, 3.63) is 35.4 Å². The molecule has 20 heavy (non-hydrogen) atoms. The van der Waals surface area contributed by atoms with Crippen LogP contribution in [-0.4, -0.2) is 32.3 Å². The Bertz CT molecular complexity index is 420. The Kier molecular flexibility index (Phi) is 6.99. The fourth-order valence-corrected chi connectivity index (χ4v) is 2.49. The molecule has 1 saturated heterocycles. The van der Waals surface area contributed by atoms with E-state index in [0.717, 1.165) is 26.0 Å². The summed E-state index contributed by atoms with van der Waals surface area (Å²) in [7, 11) is 1.39. The van der Waals surface area contributed by atoms with Crippen molar-refractivity contribution in [3.8, 4) is 0 Å². The summed E-state index contributed by atoms with van der Waals surface area (Å²) in [5, 5.41) is 3.49. The molecule has 112 valence electrons. The van der Waals surface area contributed by atoms with Gasteiger partial charge in [0, 0.05) is 12.6 Å². The van der Waals surface area contributed by atoms with Crippen LogP contribution in [0.25, 0.3) is 0 Å². The second-order valence-electron chi connectivity index (χ2n) is 4.72. The van der Waals surface area contributed by atoms with Gasteiger partial charge < -0.3 is 14.8 Å². The van der Waals surface area contributed by atoms with Gasteiger partial charge in [0.2, 0.25) is 0 Å². The van der Waals surface area contributed by atoms with E-state index in [4.69, 9.17) is 9.47 Å². The molecule has 1 aliphatic rings. The molecular formula is C15H22ClNO3. The number of esters is 1. The molecule has 5 heteroatoms. The number of nitrogens with one attached hydrogen (secondary N) is 1. The highest BCUT2D eigenvalue weighted by Crippen LogP contribution is 2.25. The van der Waals surface area contributed by atoms with E-state index >= 15 is 0 Å². The normalized spacial score (nSPS) is 21.9. The Hall–Kier alpha value is -1.10. The summed E-state index contributed by atoms with van der Waals surface area (Å²) in [5.41, 5.74) is 1.78. The van der Waals surface area contributed by atoms with Crippen LogP contribution < -0.4 is 5.32 Å². The second kappa shape index (κ2) is 8.25. The predicted molar refractivity (Wildman–Crippen MR) is 80.4 cm³/mol. The lowest BCUT2D eigenvalue weighted by Crippen LogP contribution is -2.35. The van der Waals surface area contributed by atoms with E-state index in [1.54, 1.807) is 0 Å². The summed E-state index contributed by atoms with van der Waals surface area (Å²) in [6.45, 7) is 3.76. The molecule has 0 aliphatic carbocycles. The molecule has 1 aromatic rings. The lowest BCUT2D eigenvalue weighted by atomic mass is 9.95. The first-order chi connectivity index (χ1) is 9.24. The number of ether oxygens (including phenoxy) is 2. The van der Waals surface area contributed by atoms with E-state index in [0.29, 0.717) is 17.7 Å². The molecule has 0 spiro atoms. The number of halogens is 1. The lowest BCUT2D eigenvalue weighted by molar-refractivity contribution is 0.0297. The molecule has 0 bridgehead atoms. The van der Waals surface area contributed by atoms with Crippen molar-refractivity contribution in [1.82, 2.24) is 5.32 Å². The summed E-state index contributed by atoms with van der Waals surface area (Å²) in [6, 6.07) is 7.90. The highest BCUT2D eigenvalue weighted by Gasteiger charge is 2.23. The Morgan fingerprint density at radius 1 is 1.35 bits per heavy atom. The summed E-state index contributed by atoms with van der Waals surface area (Å²) < 4.78 is 10.4. The molecule has 0 amide bonds. The van der Waals surface area contributed by atoms with Crippen molar-refractivity contribution in [2.24, 2.45) is 0 Å². The van der Waals surface area contributed by atoms with Gasteiger partial charge in [0.25, 0.3) is 0 Å². The molecular weight excluding hydrogens is 278 g/mol. The molecule has 1 aromatic carbocycles. The van der Waals surface area contributed by atoms with E-state index in [9.17, 15) is 4.79 Å². The van der Waals surface area contributed by atoms with Crippen LogP contribution in [0.15, 0.2) is 24.3 Å². The van der Waals surface area contributed by atoms with Crippen LogP contribution in [0.5, 0.6) is 0 Å². The first-order valence-electron chi connectivity index (χ1n) is 6.77. The standard InChI is InChI=1S/C15H21NO3.ClH/c1-3-19-13-8-9-16-14(10-13)11-4-6-12(7-5-11)15(17)18-2;/h4-7,13-14,16H,3,8-10H2,1-2H3;1H/t13-,14+;/m1./s1. The first kappa shape index (κ1) is 17.0. The van der Waals surface area contributed by atoms with Crippen LogP contribution in [0.3, 0.4) is 0 Å². The van der Waals surface area contributed by atoms with Crippen LogP contribution in [-0.2, 0) is 9.47 Å². The largest absolute Gasteiger partial charge is 0.465 e. The van der Waals surface area contributed by atoms with Gasteiger partial charge in [-0.2, -0.15) is 0 Å². The zero-order valence-corrected chi connectivity index (χ0v) is 12.7. The maximum absolute atomic E-state index is 11.4. The molecule has 0 aromatic heterocycles. The van der Waals surface area contributed by atoms with Crippen molar-refractivity contribution in [3.63, 3.8) is 0 Å². The number of hydrogen-bond acceptors (Lipinski definition) is 4. The Labute approximate surface area is 126 Å². The average molecular weight is 300 g/mol. The number of carbonyl (C=O) groups is 1. The van der Waals surface area contributed by atoms with Crippen molar-refractivity contribution in [2.45, 2.75) is 31.9 Å². The topological polar surface area (TPSA) is 47.6 Å². The lowest BCUT2D eigenvalue weighted by Gasteiger charge is -2.30. The molecule has 1 fully saturated rings. The van der Waals surface area contributed by atoms with Crippen molar-refractivity contribution < 1.29 is 14.3 Å². The van der Waals surface area contributed by atoms with Gasteiger partial charge in [-0.25, -0.2) is 4.79 Å². The second-order valence-corrected chi connectivity index (χ2v) is 4.72. The van der Waals surface area contributed by atoms with Gasteiger partial charge in [-0.15, -0.1) is 12.4 Å². The molecule has 1 N–H and O–H groups in total. The molecule has 1 aliphatic heterocycles. The SMILES string of the molecule is CCO[C@@H]1CCN[C@H](c2ccc(C(=O)OC)cc2)C1.Cl. The van der Waals surface area contributed by atoms with Gasteiger partial charge in [0.15, 0.2) is 0 Å². The highest BCUT2D eigenvalue weighted by molar-refractivity contribution is 5.89. The monoisotopic (exact) mass is 299 g/mol. The average Bonchev–Trinajstić information content (AvgIpc) is 2.47. The zero-order chi connectivity index (χ0) is 13.7. The smallest absolute Gasteiger partial charge is 0.337 e.